The van der Waals surface area contributed by atoms with Crippen LogP contribution in [0.5, 0.6) is 0 Å². The summed E-state index contributed by atoms with van der Waals surface area (Å²) < 4.78 is 0.803. The zero-order valence-corrected chi connectivity index (χ0v) is 11.7. The highest BCUT2D eigenvalue weighted by Gasteiger charge is 2.27. The number of halogens is 1. The molecule has 1 aliphatic rings. The molecule has 0 bridgehead atoms. The molecule has 1 aromatic heterocycles. The van der Waals surface area contributed by atoms with Crippen molar-refractivity contribution < 1.29 is 5.11 Å². The Morgan fingerprint density at radius 1 is 1.47 bits per heavy atom. The molecule has 1 aromatic rings. The molecule has 1 fully saturated rings. The standard InChI is InChI=1S/C12H18BrN3O/c1-7(2)9(6-17)14-11-5-10(13)15-12(16-11)8-3-4-8/h5,7-9,17H,3-4,6H2,1-2H3,(H,14,15,16). The molecule has 0 spiro atoms. The Hall–Kier alpha value is -0.680. The van der Waals surface area contributed by atoms with Gasteiger partial charge in [-0.1, -0.05) is 13.8 Å². The number of hydrogen-bond acceptors (Lipinski definition) is 4. The molecule has 1 saturated carbocycles. The Morgan fingerprint density at radius 3 is 2.71 bits per heavy atom. The van der Waals surface area contributed by atoms with E-state index in [1.54, 1.807) is 0 Å². The predicted octanol–water partition coefficient (Wildman–Crippen LogP) is 2.55. The lowest BCUT2D eigenvalue weighted by Crippen LogP contribution is -2.30. The molecule has 94 valence electrons. The first kappa shape index (κ1) is 12.8. The third kappa shape index (κ3) is 3.39. The summed E-state index contributed by atoms with van der Waals surface area (Å²) in [6, 6.07) is 1.89. The maximum atomic E-state index is 9.30. The normalized spacial score (nSPS) is 17.2. The summed E-state index contributed by atoms with van der Waals surface area (Å²) in [6.07, 6.45) is 2.37. The summed E-state index contributed by atoms with van der Waals surface area (Å²) in [5, 5.41) is 12.6. The zero-order chi connectivity index (χ0) is 12.4. The van der Waals surface area contributed by atoms with Crippen molar-refractivity contribution in [3.63, 3.8) is 0 Å². The second-order valence-corrected chi connectivity index (χ2v) is 5.70. The van der Waals surface area contributed by atoms with Crippen LogP contribution in [0.1, 0.15) is 38.4 Å². The molecule has 2 N–H and O–H groups in total. The van der Waals surface area contributed by atoms with E-state index in [2.05, 4.69) is 45.1 Å². The number of aliphatic hydroxyl groups is 1. The summed E-state index contributed by atoms with van der Waals surface area (Å²) in [6.45, 7) is 4.26. The number of anilines is 1. The molecule has 0 saturated heterocycles. The molecule has 1 atom stereocenters. The van der Waals surface area contributed by atoms with Crippen LogP contribution in [0.3, 0.4) is 0 Å². The molecular formula is C12H18BrN3O. The number of nitrogens with zero attached hydrogens (tertiary/aromatic N) is 2. The van der Waals surface area contributed by atoms with Crippen LogP contribution < -0.4 is 5.32 Å². The molecule has 2 rings (SSSR count). The molecule has 1 unspecified atom stereocenters. The first-order valence-corrected chi connectivity index (χ1v) is 6.81. The molecule has 0 aliphatic heterocycles. The van der Waals surface area contributed by atoms with E-state index < -0.39 is 0 Å². The maximum absolute atomic E-state index is 9.30. The fraction of sp³-hybridized carbons (Fsp3) is 0.667. The number of nitrogens with one attached hydrogen (secondary N) is 1. The monoisotopic (exact) mass is 299 g/mol. The SMILES string of the molecule is CC(C)C(CO)Nc1cc(Br)nc(C2CC2)n1. The second-order valence-electron chi connectivity index (χ2n) is 4.89. The molecule has 4 nitrogen and oxygen atoms in total. The fourth-order valence-electron chi connectivity index (χ4n) is 1.65. The minimum atomic E-state index is 0.0313. The molecule has 0 amide bonds. The second kappa shape index (κ2) is 5.31. The summed E-state index contributed by atoms with van der Waals surface area (Å²) in [5.41, 5.74) is 0. The van der Waals surface area contributed by atoms with Gasteiger partial charge in [0.1, 0.15) is 16.2 Å². The highest BCUT2D eigenvalue weighted by molar-refractivity contribution is 9.10. The van der Waals surface area contributed by atoms with Crippen LogP contribution in [0.2, 0.25) is 0 Å². The summed E-state index contributed by atoms with van der Waals surface area (Å²) in [5.74, 6) is 2.58. The molecule has 1 heterocycles. The van der Waals surface area contributed by atoms with Gasteiger partial charge in [0.25, 0.3) is 0 Å². The van der Waals surface area contributed by atoms with Gasteiger partial charge < -0.3 is 10.4 Å². The average Bonchev–Trinajstić information content (AvgIpc) is 3.08. The highest BCUT2D eigenvalue weighted by atomic mass is 79.9. The minimum absolute atomic E-state index is 0.0313. The van der Waals surface area contributed by atoms with Gasteiger partial charge in [0.2, 0.25) is 0 Å². The van der Waals surface area contributed by atoms with E-state index in [0.717, 1.165) is 16.2 Å². The van der Waals surface area contributed by atoms with E-state index in [-0.39, 0.29) is 12.6 Å². The lowest BCUT2D eigenvalue weighted by atomic mass is 10.1. The minimum Gasteiger partial charge on any atom is -0.394 e. The van der Waals surface area contributed by atoms with Crippen molar-refractivity contribution in [1.29, 1.82) is 0 Å². The molecule has 17 heavy (non-hydrogen) atoms. The van der Waals surface area contributed by atoms with Crippen molar-refractivity contribution >= 4 is 21.7 Å². The fourth-order valence-corrected chi connectivity index (χ4v) is 2.04. The number of aliphatic hydroxyl groups excluding tert-OH is 1. The first-order chi connectivity index (χ1) is 8.10. The first-order valence-electron chi connectivity index (χ1n) is 6.02. The molecule has 5 heteroatoms. The number of rotatable bonds is 5. The quantitative estimate of drug-likeness (QED) is 0.821. The van der Waals surface area contributed by atoms with E-state index in [9.17, 15) is 5.11 Å². The van der Waals surface area contributed by atoms with Gasteiger partial charge in [-0.25, -0.2) is 9.97 Å². The van der Waals surface area contributed by atoms with Crippen molar-refractivity contribution in [3.8, 4) is 0 Å². The van der Waals surface area contributed by atoms with E-state index in [1.807, 2.05) is 6.07 Å². The topological polar surface area (TPSA) is 58.0 Å². The van der Waals surface area contributed by atoms with Crippen molar-refractivity contribution in [1.82, 2.24) is 9.97 Å². The van der Waals surface area contributed by atoms with Crippen molar-refractivity contribution in [2.75, 3.05) is 11.9 Å². The Balaban J connectivity index is 2.14. The van der Waals surface area contributed by atoms with Gasteiger partial charge in [-0.2, -0.15) is 0 Å². The van der Waals surface area contributed by atoms with E-state index >= 15 is 0 Å². The Kier molecular flexibility index (Phi) is 3.99. The smallest absolute Gasteiger partial charge is 0.135 e. The van der Waals surface area contributed by atoms with Gasteiger partial charge in [0, 0.05) is 12.0 Å². The van der Waals surface area contributed by atoms with E-state index in [1.165, 1.54) is 12.8 Å². The van der Waals surface area contributed by atoms with Gasteiger partial charge in [-0.15, -0.1) is 0 Å². The molecule has 0 radical (unpaired) electrons. The Labute approximate surface area is 110 Å². The Morgan fingerprint density at radius 2 is 2.18 bits per heavy atom. The number of aromatic nitrogens is 2. The maximum Gasteiger partial charge on any atom is 0.135 e. The molecular weight excluding hydrogens is 282 g/mol. The number of hydrogen-bond donors (Lipinski definition) is 2. The van der Waals surface area contributed by atoms with Crippen LogP contribution in [-0.4, -0.2) is 27.7 Å². The molecule has 1 aliphatic carbocycles. The third-order valence-corrected chi connectivity index (χ3v) is 3.40. The largest absolute Gasteiger partial charge is 0.394 e. The lowest BCUT2D eigenvalue weighted by Gasteiger charge is -2.20. The van der Waals surface area contributed by atoms with Crippen molar-refractivity contribution in [2.24, 2.45) is 5.92 Å². The van der Waals surface area contributed by atoms with Crippen LogP contribution in [0.25, 0.3) is 0 Å². The van der Waals surface area contributed by atoms with Crippen molar-refractivity contribution in [3.05, 3.63) is 16.5 Å². The van der Waals surface area contributed by atoms with E-state index in [0.29, 0.717) is 11.8 Å². The summed E-state index contributed by atoms with van der Waals surface area (Å²) >= 11 is 3.40. The van der Waals surface area contributed by atoms with Crippen LogP contribution in [-0.2, 0) is 0 Å². The summed E-state index contributed by atoms with van der Waals surface area (Å²) in [4.78, 5) is 8.88. The zero-order valence-electron chi connectivity index (χ0n) is 10.2. The average molecular weight is 300 g/mol. The van der Waals surface area contributed by atoms with Crippen LogP contribution in [0, 0.1) is 5.92 Å². The predicted molar refractivity (Wildman–Crippen MR) is 71.0 cm³/mol. The Bertz CT molecular complexity index is 393. The lowest BCUT2D eigenvalue weighted by molar-refractivity contribution is 0.249. The van der Waals surface area contributed by atoms with Gasteiger partial charge in [-0.3, -0.25) is 0 Å². The molecule has 0 aromatic carbocycles. The van der Waals surface area contributed by atoms with Crippen LogP contribution in [0.15, 0.2) is 10.7 Å². The van der Waals surface area contributed by atoms with Crippen LogP contribution in [0.4, 0.5) is 5.82 Å². The van der Waals surface area contributed by atoms with Gasteiger partial charge >= 0.3 is 0 Å². The van der Waals surface area contributed by atoms with Crippen LogP contribution >= 0.6 is 15.9 Å². The third-order valence-electron chi connectivity index (χ3n) is 2.99. The highest BCUT2D eigenvalue weighted by Crippen LogP contribution is 2.38. The summed E-state index contributed by atoms with van der Waals surface area (Å²) in [7, 11) is 0. The van der Waals surface area contributed by atoms with Gasteiger partial charge in [0.15, 0.2) is 0 Å². The van der Waals surface area contributed by atoms with Gasteiger partial charge in [0.05, 0.1) is 12.6 Å². The van der Waals surface area contributed by atoms with E-state index in [4.69, 9.17) is 0 Å². The van der Waals surface area contributed by atoms with Gasteiger partial charge in [-0.05, 0) is 34.7 Å². The van der Waals surface area contributed by atoms with Crippen molar-refractivity contribution in [2.45, 2.75) is 38.6 Å².